The fourth-order valence-electron chi connectivity index (χ4n) is 4.17. The molecular formula is C18H36N2. The summed E-state index contributed by atoms with van der Waals surface area (Å²) in [4.78, 5) is 0. The van der Waals surface area contributed by atoms with Crippen LogP contribution >= 0.6 is 0 Å². The summed E-state index contributed by atoms with van der Waals surface area (Å²) in [7, 11) is 0. The van der Waals surface area contributed by atoms with Crippen molar-refractivity contribution >= 4 is 0 Å². The zero-order chi connectivity index (χ0) is 14.2. The van der Waals surface area contributed by atoms with Gasteiger partial charge in [0.25, 0.3) is 0 Å². The Labute approximate surface area is 126 Å². The number of unbranched alkanes of at least 4 members (excludes halogenated alkanes) is 3. The molecule has 2 aliphatic carbocycles. The third-order valence-corrected chi connectivity index (χ3v) is 5.76. The van der Waals surface area contributed by atoms with Crippen LogP contribution in [0.25, 0.3) is 0 Å². The smallest absolute Gasteiger partial charge is 0.00390 e. The Balaban J connectivity index is 1.40. The van der Waals surface area contributed by atoms with Crippen molar-refractivity contribution in [3.8, 4) is 0 Å². The topological polar surface area (TPSA) is 52.0 Å². The van der Waals surface area contributed by atoms with Gasteiger partial charge in [-0.3, -0.25) is 0 Å². The van der Waals surface area contributed by atoms with Crippen molar-refractivity contribution in [1.29, 1.82) is 0 Å². The van der Waals surface area contributed by atoms with Gasteiger partial charge in [-0.05, 0) is 63.2 Å². The van der Waals surface area contributed by atoms with Gasteiger partial charge in [0.1, 0.15) is 0 Å². The minimum absolute atomic E-state index is 0.509. The van der Waals surface area contributed by atoms with Crippen LogP contribution in [0.3, 0.4) is 0 Å². The normalized spacial score (nSPS) is 35.1. The number of rotatable bonds is 7. The lowest BCUT2D eigenvalue weighted by molar-refractivity contribution is 0.293. The fraction of sp³-hybridized carbons (Fsp3) is 1.00. The molecule has 4 N–H and O–H groups in total. The van der Waals surface area contributed by atoms with Gasteiger partial charge >= 0.3 is 0 Å². The van der Waals surface area contributed by atoms with Crippen LogP contribution in [0.15, 0.2) is 0 Å². The van der Waals surface area contributed by atoms with Gasteiger partial charge in [0, 0.05) is 12.1 Å². The van der Waals surface area contributed by atoms with Crippen LogP contribution in [0.1, 0.15) is 89.9 Å². The van der Waals surface area contributed by atoms with Gasteiger partial charge < -0.3 is 11.5 Å². The van der Waals surface area contributed by atoms with Crippen LogP contribution < -0.4 is 11.5 Å². The van der Waals surface area contributed by atoms with Gasteiger partial charge in [-0.1, -0.05) is 38.5 Å². The zero-order valence-corrected chi connectivity index (χ0v) is 13.4. The number of nitrogens with two attached hydrogens (primary N) is 2. The molecule has 0 bridgehead atoms. The number of hydrogen-bond donors (Lipinski definition) is 2. The summed E-state index contributed by atoms with van der Waals surface area (Å²) in [6, 6.07) is 1.02. The first-order valence-corrected chi connectivity index (χ1v) is 9.25. The Morgan fingerprint density at radius 1 is 0.500 bits per heavy atom. The lowest BCUT2D eigenvalue weighted by Gasteiger charge is -2.26. The Bertz CT molecular complexity index is 212. The van der Waals surface area contributed by atoms with E-state index in [9.17, 15) is 0 Å². The molecule has 0 aromatic carbocycles. The molecule has 0 radical (unpaired) electrons. The maximum atomic E-state index is 5.96. The van der Waals surface area contributed by atoms with E-state index in [1.165, 1.54) is 89.9 Å². The standard InChI is InChI=1S/C18H36N2/c19-17-11-7-15(8-12-17)5-3-1-2-4-6-16-9-13-18(20)14-10-16/h15-18H,1-14,19-20H2. The van der Waals surface area contributed by atoms with Crippen molar-refractivity contribution < 1.29 is 0 Å². The Morgan fingerprint density at radius 2 is 0.850 bits per heavy atom. The van der Waals surface area contributed by atoms with Crippen LogP contribution in [-0.4, -0.2) is 12.1 Å². The van der Waals surface area contributed by atoms with Crippen molar-refractivity contribution in [3.63, 3.8) is 0 Å². The third kappa shape index (κ3) is 6.13. The third-order valence-electron chi connectivity index (χ3n) is 5.76. The van der Waals surface area contributed by atoms with Crippen LogP contribution in [0.2, 0.25) is 0 Å². The zero-order valence-electron chi connectivity index (χ0n) is 13.4. The average molecular weight is 280 g/mol. The molecule has 0 spiro atoms. The van der Waals surface area contributed by atoms with Crippen molar-refractivity contribution in [3.05, 3.63) is 0 Å². The van der Waals surface area contributed by atoms with Crippen LogP contribution in [0, 0.1) is 11.8 Å². The highest BCUT2D eigenvalue weighted by Crippen LogP contribution is 2.29. The van der Waals surface area contributed by atoms with E-state index in [0.717, 1.165) is 11.8 Å². The minimum atomic E-state index is 0.509. The summed E-state index contributed by atoms with van der Waals surface area (Å²) in [6.07, 6.45) is 19.4. The van der Waals surface area contributed by atoms with Crippen molar-refractivity contribution in [2.24, 2.45) is 23.3 Å². The maximum Gasteiger partial charge on any atom is 0.00390 e. The molecule has 0 atom stereocenters. The molecule has 2 fully saturated rings. The van der Waals surface area contributed by atoms with Gasteiger partial charge in [-0.25, -0.2) is 0 Å². The van der Waals surface area contributed by atoms with Gasteiger partial charge in [0.2, 0.25) is 0 Å². The Hall–Kier alpha value is -0.0800. The summed E-state index contributed by atoms with van der Waals surface area (Å²) in [5, 5.41) is 0. The van der Waals surface area contributed by atoms with E-state index >= 15 is 0 Å². The molecular weight excluding hydrogens is 244 g/mol. The second-order valence-electron chi connectivity index (χ2n) is 7.55. The first-order valence-electron chi connectivity index (χ1n) is 9.25. The quantitative estimate of drug-likeness (QED) is 0.681. The molecule has 0 amide bonds. The molecule has 2 nitrogen and oxygen atoms in total. The highest BCUT2D eigenvalue weighted by Gasteiger charge is 2.19. The van der Waals surface area contributed by atoms with E-state index in [1.54, 1.807) is 0 Å². The van der Waals surface area contributed by atoms with Gasteiger partial charge in [0.15, 0.2) is 0 Å². The second-order valence-corrected chi connectivity index (χ2v) is 7.55. The van der Waals surface area contributed by atoms with Crippen molar-refractivity contribution in [1.82, 2.24) is 0 Å². The molecule has 118 valence electrons. The monoisotopic (exact) mass is 280 g/mol. The molecule has 0 unspecified atom stereocenters. The lowest BCUT2D eigenvalue weighted by Crippen LogP contribution is -2.26. The maximum absolute atomic E-state index is 5.96. The average Bonchev–Trinajstić information content (AvgIpc) is 2.46. The molecule has 2 rings (SSSR count). The van der Waals surface area contributed by atoms with Gasteiger partial charge in [-0.15, -0.1) is 0 Å². The van der Waals surface area contributed by atoms with Crippen LogP contribution in [0.4, 0.5) is 0 Å². The van der Waals surface area contributed by atoms with Crippen LogP contribution in [0.5, 0.6) is 0 Å². The van der Waals surface area contributed by atoms with E-state index in [1.807, 2.05) is 0 Å². The highest BCUT2D eigenvalue weighted by molar-refractivity contribution is 4.75. The van der Waals surface area contributed by atoms with E-state index in [4.69, 9.17) is 11.5 Å². The first-order chi connectivity index (χ1) is 9.74. The summed E-state index contributed by atoms with van der Waals surface area (Å²) in [5.41, 5.74) is 11.9. The molecule has 0 aromatic rings. The molecule has 2 heteroatoms. The second kappa shape index (κ2) is 9.04. The molecule has 2 saturated carbocycles. The Kier molecular flexibility index (Phi) is 7.37. The SMILES string of the molecule is NC1CCC(CCCCCCC2CCC(N)CC2)CC1. The summed E-state index contributed by atoms with van der Waals surface area (Å²) < 4.78 is 0. The predicted octanol–water partition coefficient (Wildman–Crippen LogP) is 4.36. The van der Waals surface area contributed by atoms with E-state index < -0.39 is 0 Å². The molecule has 0 aliphatic heterocycles. The summed E-state index contributed by atoms with van der Waals surface area (Å²) >= 11 is 0. The first kappa shape index (κ1) is 16.3. The van der Waals surface area contributed by atoms with Crippen LogP contribution in [-0.2, 0) is 0 Å². The lowest BCUT2D eigenvalue weighted by atomic mass is 9.82. The van der Waals surface area contributed by atoms with E-state index in [2.05, 4.69) is 0 Å². The molecule has 0 aromatic heterocycles. The largest absolute Gasteiger partial charge is 0.328 e. The fourth-order valence-corrected chi connectivity index (χ4v) is 4.17. The molecule has 0 saturated heterocycles. The summed E-state index contributed by atoms with van der Waals surface area (Å²) in [5.74, 6) is 1.99. The van der Waals surface area contributed by atoms with Crippen molar-refractivity contribution in [2.45, 2.75) is 102 Å². The van der Waals surface area contributed by atoms with Gasteiger partial charge in [0.05, 0.1) is 0 Å². The highest BCUT2D eigenvalue weighted by atomic mass is 14.6. The molecule has 0 heterocycles. The molecule has 2 aliphatic rings. The Morgan fingerprint density at radius 3 is 1.20 bits per heavy atom. The van der Waals surface area contributed by atoms with Crippen molar-refractivity contribution in [2.75, 3.05) is 0 Å². The minimum Gasteiger partial charge on any atom is -0.328 e. The van der Waals surface area contributed by atoms with Gasteiger partial charge in [-0.2, -0.15) is 0 Å². The molecule has 20 heavy (non-hydrogen) atoms. The predicted molar refractivity (Wildman–Crippen MR) is 87.6 cm³/mol. The summed E-state index contributed by atoms with van der Waals surface area (Å²) in [6.45, 7) is 0. The van der Waals surface area contributed by atoms with E-state index in [-0.39, 0.29) is 0 Å². The number of hydrogen-bond acceptors (Lipinski definition) is 2. The van der Waals surface area contributed by atoms with E-state index in [0.29, 0.717) is 12.1 Å².